The molecule has 0 unspecified atom stereocenters. The van der Waals surface area contributed by atoms with Crippen LogP contribution in [0.25, 0.3) is 0 Å². The molecule has 1 aliphatic heterocycles. The molecule has 0 spiro atoms. The van der Waals surface area contributed by atoms with Crippen molar-refractivity contribution >= 4 is 32.8 Å². The zero-order valence-electron chi connectivity index (χ0n) is 13.8. The summed E-state index contributed by atoms with van der Waals surface area (Å²) < 4.78 is 49.1. The monoisotopic (exact) mass is 400 g/mol. The fourth-order valence-electron chi connectivity index (χ4n) is 2.91. The Morgan fingerprint density at radius 3 is 2.42 bits per heavy atom. The van der Waals surface area contributed by atoms with Crippen molar-refractivity contribution in [1.29, 1.82) is 0 Å². The van der Waals surface area contributed by atoms with Crippen LogP contribution in [0.5, 0.6) is 0 Å². The number of alkyl halides is 2. The SMILES string of the molecule is O=C(c1sccc1S(=O)(=O)C(F)F)N1CCC(Nc2ccccc2)CC1. The number of rotatable bonds is 5. The Bertz CT molecular complexity index is 861. The third kappa shape index (κ3) is 3.88. The number of para-hydroxylation sites is 1. The van der Waals surface area contributed by atoms with Crippen LogP contribution in [0.1, 0.15) is 22.5 Å². The van der Waals surface area contributed by atoms with Gasteiger partial charge >= 0.3 is 5.76 Å². The van der Waals surface area contributed by atoms with E-state index in [0.29, 0.717) is 25.9 Å². The second kappa shape index (κ2) is 7.71. The van der Waals surface area contributed by atoms with Crippen molar-refractivity contribution in [3.63, 3.8) is 0 Å². The summed E-state index contributed by atoms with van der Waals surface area (Å²) in [4.78, 5) is 13.4. The molecule has 1 aromatic heterocycles. The van der Waals surface area contributed by atoms with Gasteiger partial charge in [-0.05, 0) is 36.4 Å². The topological polar surface area (TPSA) is 66.5 Å². The van der Waals surface area contributed by atoms with Crippen molar-refractivity contribution in [2.45, 2.75) is 29.5 Å². The molecule has 3 rings (SSSR count). The minimum atomic E-state index is -4.78. The Morgan fingerprint density at radius 1 is 1.15 bits per heavy atom. The second-order valence-electron chi connectivity index (χ2n) is 6.00. The molecular weight excluding hydrogens is 382 g/mol. The molecule has 1 amide bonds. The van der Waals surface area contributed by atoms with E-state index in [1.165, 1.54) is 10.3 Å². The van der Waals surface area contributed by atoms with Gasteiger partial charge in [0, 0.05) is 24.8 Å². The Kier molecular flexibility index (Phi) is 5.57. The first-order valence-electron chi connectivity index (χ1n) is 8.10. The number of hydrogen-bond donors (Lipinski definition) is 1. The summed E-state index contributed by atoms with van der Waals surface area (Å²) in [6.45, 7) is 0.880. The summed E-state index contributed by atoms with van der Waals surface area (Å²) >= 11 is 0.880. The number of sulfone groups is 1. The number of hydrogen-bond acceptors (Lipinski definition) is 5. The maximum atomic E-state index is 12.8. The number of likely N-dealkylation sites (tertiary alicyclic amines) is 1. The first-order valence-corrected chi connectivity index (χ1v) is 10.5. The maximum absolute atomic E-state index is 12.8. The molecule has 0 atom stereocenters. The molecule has 0 aliphatic carbocycles. The van der Waals surface area contributed by atoms with Crippen LogP contribution in [-0.2, 0) is 9.84 Å². The lowest BCUT2D eigenvalue weighted by Crippen LogP contribution is -2.42. The largest absolute Gasteiger partial charge is 0.382 e. The van der Waals surface area contributed by atoms with Crippen molar-refractivity contribution in [2.75, 3.05) is 18.4 Å². The van der Waals surface area contributed by atoms with E-state index in [-0.39, 0.29) is 10.9 Å². The minimum Gasteiger partial charge on any atom is -0.382 e. The predicted molar refractivity (Wildman–Crippen MR) is 96.5 cm³/mol. The molecular formula is C17H18F2N2O3S2. The molecule has 1 aromatic carbocycles. The first kappa shape index (κ1) is 18.8. The summed E-state index contributed by atoms with van der Waals surface area (Å²) in [6, 6.07) is 11.0. The number of benzene rings is 1. The van der Waals surface area contributed by atoms with Gasteiger partial charge in [-0.25, -0.2) is 8.42 Å². The van der Waals surface area contributed by atoms with Gasteiger partial charge in [0.25, 0.3) is 5.91 Å². The van der Waals surface area contributed by atoms with E-state index >= 15 is 0 Å². The van der Waals surface area contributed by atoms with E-state index in [0.717, 1.165) is 23.1 Å². The maximum Gasteiger partial charge on any atom is 0.341 e. The number of thiophene rings is 1. The Labute approximate surface area is 154 Å². The zero-order chi connectivity index (χ0) is 18.7. The smallest absolute Gasteiger partial charge is 0.341 e. The van der Waals surface area contributed by atoms with Gasteiger partial charge in [0.05, 0.1) is 4.90 Å². The highest BCUT2D eigenvalue weighted by molar-refractivity contribution is 7.92. The van der Waals surface area contributed by atoms with Gasteiger partial charge in [-0.3, -0.25) is 4.79 Å². The van der Waals surface area contributed by atoms with E-state index in [1.807, 2.05) is 30.3 Å². The molecule has 140 valence electrons. The Morgan fingerprint density at radius 2 is 1.81 bits per heavy atom. The van der Waals surface area contributed by atoms with E-state index in [2.05, 4.69) is 5.32 Å². The van der Waals surface area contributed by atoms with Gasteiger partial charge in [-0.15, -0.1) is 11.3 Å². The van der Waals surface area contributed by atoms with Crippen LogP contribution in [0.4, 0.5) is 14.5 Å². The van der Waals surface area contributed by atoms with Gasteiger partial charge in [-0.1, -0.05) is 18.2 Å². The van der Waals surface area contributed by atoms with E-state index in [4.69, 9.17) is 0 Å². The normalized spacial score (nSPS) is 16.0. The van der Waals surface area contributed by atoms with Crippen LogP contribution >= 0.6 is 11.3 Å². The number of halogens is 2. The van der Waals surface area contributed by atoms with E-state index in [9.17, 15) is 22.0 Å². The van der Waals surface area contributed by atoms with Crippen molar-refractivity contribution in [2.24, 2.45) is 0 Å². The van der Waals surface area contributed by atoms with Gasteiger partial charge in [0.15, 0.2) is 0 Å². The van der Waals surface area contributed by atoms with Gasteiger partial charge in [0.2, 0.25) is 9.84 Å². The predicted octanol–water partition coefficient (Wildman–Crippen LogP) is 3.46. The van der Waals surface area contributed by atoms with Crippen molar-refractivity contribution in [1.82, 2.24) is 4.90 Å². The number of piperidine rings is 1. The zero-order valence-corrected chi connectivity index (χ0v) is 15.4. The molecule has 1 saturated heterocycles. The molecule has 0 saturated carbocycles. The van der Waals surface area contributed by atoms with Crippen LogP contribution < -0.4 is 5.32 Å². The quantitative estimate of drug-likeness (QED) is 0.835. The third-order valence-corrected chi connectivity index (χ3v) is 6.75. The fraction of sp³-hybridized carbons (Fsp3) is 0.353. The van der Waals surface area contributed by atoms with Crippen LogP contribution in [0.3, 0.4) is 0 Å². The number of amides is 1. The first-order chi connectivity index (χ1) is 12.4. The highest BCUT2D eigenvalue weighted by Crippen LogP contribution is 2.29. The van der Waals surface area contributed by atoms with E-state index < -0.39 is 26.4 Å². The third-order valence-electron chi connectivity index (χ3n) is 4.29. The van der Waals surface area contributed by atoms with Crippen molar-refractivity contribution in [3.05, 3.63) is 46.7 Å². The molecule has 26 heavy (non-hydrogen) atoms. The highest BCUT2D eigenvalue weighted by Gasteiger charge is 2.34. The van der Waals surface area contributed by atoms with Crippen molar-refractivity contribution < 1.29 is 22.0 Å². The molecule has 5 nitrogen and oxygen atoms in total. The van der Waals surface area contributed by atoms with Gasteiger partial charge in [0.1, 0.15) is 4.88 Å². The molecule has 1 fully saturated rings. The fourth-order valence-corrected chi connectivity index (χ4v) is 5.04. The summed E-state index contributed by atoms with van der Waals surface area (Å²) in [5.74, 6) is -4.04. The standard InChI is InChI=1S/C17H18F2N2O3S2/c18-17(19)26(23,24)14-8-11-25-15(14)16(22)21-9-6-13(7-10-21)20-12-4-2-1-3-5-12/h1-5,8,11,13,17,20H,6-7,9-10H2. The summed E-state index contributed by atoms with van der Waals surface area (Å²) in [5.41, 5.74) is 1.00. The molecule has 2 aromatic rings. The van der Waals surface area contributed by atoms with Crippen LogP contribution in [0.15, 0.2) is 46.7 Å². The average molecular weight is 400 g/mol. The Balaban J connectivity index is 1.66. The summed E-state index contributed by atoms with van der Waals surface area (Å²) in [7, 11) is -4.78. The molecule has 9 heteroatoms. The number of carbonyl (C=O) groups excluding carboxylic acids is 1. The Hall–Kier alpha value is -2.00. The lowest BCUT2D eigenvalue weighted by atomic mass is 10.0. The number of nitrogens with one attached hydrogen (secondary N) is 1. The van der Waals surface area contributed by atoms with Crippen LogP contribution in [0.2, 0.25) is 0 Å². The lowest BCUT2D eigenvalue weighted by molar-refractivity contribution is 0.0720. The molecule has 0 radical (unpaired) electrons. The highest BCUT2D eigenvalue weighted by atomic mass is 32.2. The van der Waals surface area contributed by atoms with Crippen LogP contribution in [-0.4, -0.2) is 44.1 Å². The summed E-state index contributed by atoms with van der Waals surface area (Å²) in [6.07, 6.45) is 1.39. The summed E-state index contributed by atoms with van der Waals surface area (Å²) in [5, 5.41) is 4.75. The van der Waals surface area contributed by atoms with Gasteiger partial charge < -0.3 is 10.2 Å². The number of anilines is 1. The number of carbonyl (C=O) groups is 1. The lowest BCUT2D eigenvalue weighted by Gasteiger charge is -2.32. The van der Waals surface area contributed by atoms with Crippen molar-refractivity contribution in [3.8, 4) is 0 Å². The number of nitrogens with zero attached hydrogens (tertiary/aromatic N) is 1. The van der Waals surface area contributed by atoms with Crippen LogP contribution in [0, 0.1) is 0 Å². The van der Waals surface area contributed by atoms with E-state index in [1.54, 1.807) is 0 Å². The molecule has 1 aliphatic rings. The van der Waals surface area contributed by atoms with Gasteiger partial charge in [-0.2, -0.15) is 8.78 Å². The molecule has 1 N–H and O–H groups in total. The average Bonchev–Trinajstić information content (AvgIpc) is 3.13. The molecule has 0 bridgehead atoms. The second-order valence-corrected chi connectivity index (χ2v) is 8.80. The minimum absolute atomic E-state index is 0.139. The molecule has 2 heterocycles.